The van der Waals surface area contributed by atoms with Crippen molar-refractivity contribution in [1.82, 2.24) is 9.97 Å². The van der Waals surface area contributed by atoms with Gasteiger partial charge in [0.15, 0.2) is 0 Å². The second-order valence-electron chi connectivity index (χ2n) is 7.10. The predicted octanol–water partition coefficient (Wildman–Crippen LogP) is 5.39. The molecule has 31 heavy (non-hydrogen) atoms. The van der Waals surface area contributed by atoms with E-state index in [1.54, 1.807) is 12.1 Å². The highest BCUT2D eigenvalue weighted by atomic mass is 16.5. The van der Waals surface area contributed by atoms with Gasteiger partial charge in [0.25, 0.3) is 5.91 Å². The molecule has 1 aromatic heterocycles. The van der Waals surface area contributed by atoms with Gasteiger partial charge in [0, 0.05) is 29.5 Å². The molecule has 0 aliphatic rings. The number of benzene rings is 2. The van der Waals surface area contributed by atoms with Crippen LogP contribution in [0.2, 0.25) is 0 Å². The molecule has 0 saturated carbocycles. The Bertz CT molecular complexity index is 988. The molecule has 3 aromatic rings. The van der Waals surface area contributed by atoms with Crippen molar-refractivity contribution in [1.29, 1.82) is 0 Å². The van der Waals surface area contributed by atoms with E-state index in [0.717, 1.165) is 36.6 Å². The molecule has 0 bridgehead atoms. The summed E-state index contributed by atoms with van der Waals surface area (Å²) < 4.78 is 5.64. The van der Waals surface area contributed by atoms with Crippen molar-refractivity contribution in [2.24, 2.45) is 0 Å². The van der Waals surface area contributed by atoms with Crippen LogP contribution in [-0.4, -0.2) is 29.0 Å². The van der Waals surface area contributed by atoms with Gasteiger partial charge < -0.3 is 20.7 Å². The number of amides is 1. The predicted molar refractivity (Wildman–Crippen MR) is 125 cm³/mol. The summed E-state index contributed by atoms with van der Waals surface area (Å²) in [6, 6.07) is 16.5. The number of anilines is 4. The van der Waals surface area contributed by atoms with Crippen molar-refractivity contribution in [3.05, 3.63) is 66.0 Å². The normalized spacial score (nSPS) is 10.4. The molecule has 0 aliphatic heterocycles. The zero-order valence-corrected chi connectivity index (χ0v) is 18.2. The Labute approximate surface area is 183 Å². The Balaban J connectivity index is 1.58. The number of carbonyl (C=O) groups excluding carboxylic acids is 1. The van der Waals surface area contributed by atoms with Gasteiger partial charge in [-0.25, -0.2) is 9.97 Å². The molecular weight excluding hydrogens is 390 g/mol. The second kappa shape index (κ2) is 11.0. The van der Waals surface area contributed by atoms with E-state index in [0.29, 0.717) is 29.5 Å². The molecule has 2 aromatic carbocycles. The third-order valence-electron chi connectivity index (χ3n) is 4.49. The number of carbonyl (C=O) groups is 1. The molecule has 0 spiro atoms. The molecule has 0 atom stereocenters. The van der Waals surface area contributed by atoms with Gasteiger partial charge in [0.2, 0.25) is 0 Å². The summed E-state index contributed by atoms with van der Waals surface area (Å²) in [7, 11) is 0. The lowest BCUT2D eigenvalue weighted by atomic mass is 10.2. The van der Waals surface area contributed by atoms with Crippen LogP contribution in [0.15, 0.2) is 54.6 Å². The number of ether oxygens (including phenoxy) is 1. The quantitative estimate of drug-likeness (QED) is 0.382. The lowest BCUT2D eigenvalue weighted by Crippen LogP contribution is -2.11. The molecule has 7 heteroatoms. The Morgan fingerprint density at radius 1 is 0.935 bits per heavy atom. The Morgan fingerprint density at radius 3 is 2.29 bits per heavy atom. The summed E-state index contributed by atoms with van der Waals surface area (Å²) in [5.74, 6) is 2.79. The van der Waals surface area contributed by atoms with Crippen LogP contribution in [0.4, 0.5) is 23.0 Å². The van der Waals surface area contributed by atoms with Crippen molar-refractivity contribution < 1.29 is 9.53 Å². The number of nitrogens with one attached hydrogen (secondary N) is 3. The van der Waals surface area contributed by atoms with Crippen LogP contribution in [0.5, 0.6) is 5.75 Å². The van der Waals surface area contributed by atoms with Gasteiger partial charge in [-0.3, -0.25) is 4.79 Å². The van der Waals surface area contributed by atoms with Crippen molar-refractivity contribution in [2.75, 3.05) is 29.1 Å². The van der Waals surface area contributed by atoms with Crippen molar-refractivity contribution >= 4 is 28.9 Å². The Hall–Kier alpha value is -3.61. The largest absolute Gasteiger partial charge is 0.494 e. The fourth-order valence-corrected chi connectivity index (χ4v) is 2.93. The molecule has 0 fully saturated rings. The fraction of sp³-hybridized carbons (Fsp3) is 0.292. The van der Waals surface area contributed by atoms with Gasteiger partial charge in [0.05, 0.1) is 6.61 Å². The molecule has 0 saturated heterocycles. The molecule has 0 radical (unpaired) electrons. The van der Waals surface area contributed by atoms with Gasteiger partial charge >= 0.3 is 0 Å². The number of aryl methyl sites for hydroxylation is 1. The van der Waals surface area contributed by atoms with E-state index in [1.165, 1.54) is 0 Å². The van der Waals surface area contributed by atoms with E-state index < -0.39 is 0 Å². The number of rotatable bonds is 10. The van der Waals surface area contributed by atoms with Crippen molar-refractivity contribution in [2.45, 2.75) is 33.6 Å². The number of unbranched alkanes of at least 4 members (excludes halogenated alkanes) is 1. The summed E-state index contributed by atoms with van der Waals surface area (Å²) in [6.07, 6.45) is 2.10. The zero-order chi connectivity index (χ0) is 22.1. The minimum absolute atomic E-state index is 0.164. The maximum absolute atomic E-state index is 12.5. The third-order valence-corrected chi connectivity index (χ3v) is 4.49. The van der Waals surface area contributed by atoms with Crippen LogP contribution in [-0.2, 0) is 0 Å². The molecule has 1 amide bonds. The Morgan fingerprint density at radius 2 is 1.61 bits per heavy atom. The average molecular weight is 420 g/mol. The van der Waals surface area contributed by atoms with Gasteiger partial charge in [0.1, 0.15) is 23.2 Å². The van der Waals surface area contributed by atoms with E-state index >= 15 is 0 Å². The Kier molecular flexibility index (Phi) is 7.81. The van der Waals surface area contributed by atoms with Crippen LogP contribution in [0, 0.1) is 6.92 Å². The van der Waals surface area contributed by atoms with E-state index in [2.05, 4.69) is 32.8 Å². The van der Waals surface area contributed by atoms with Crippen LogP contribution in [0.3, 0.4) is 0 Å². The van der Waals surface area contributed by atoms with Crippen molar-refractivity contribution in [3.63, 3.8) is 0 Å². The first-order chi connectivity index (χ1) is 15.1. The molecule has 3 rings (SSSR count). The van der Waals surface area contributed by atoms with Gasteiger partial charge in [-0.05, 0) is 68.8 Å². The average Bonchev–Trinajstić information content (AvgIpc) is 2.75. The molecule has 1 heterocycles. The lowest BCUT2D eigenvalue weighted by Gasteiger charge is -2.11. The molecule has 3 N–H and O–H groups in total. The zero-order valence-electron chi connectivity index (χ0n) is 18.2. The van der Waals surface area contributed by atoms with Crippen LogP contribution in [0.25, 0.3) is 0 Å². The first-order valence-corrected chi connectivity index (χ1v) is 10.6. The maximum Gasteiger partial charge on any atom is 0.255 e. The second-order valence-corrected chi connectivity index (χ2v) is 7.10. The highest BCUT2D eigenvalue weighted by Gasteiger charge is 2.07. The standard InChI is InChI=1S/C24H29N5O2/c1-4-6-15-31-21-13-7-18(8-14-21)24(30)29-20-11-9-19(10-12-20)28-23-16-22(25-5-2)26-17(3)27-23/h7-14,16H,4-6,15H2,1-3H3,(H,29,30)(H2,25,26,27,28). The van der Waals surface area contributed by atoms with E-state index in [9.17, 15) is 4.79 Å². The SMILES string of the molecule is CCCCOc1ccc(C(=O)Nc2ccc(Nc3cc(NCC)nc(C)n3)cc2)cc1. The molecule has 0 aliphatic carbocycles. The van der Waals surface area contributed by atoms with E-state index in [4.69, 9.17) is 4.74 Å². The lowest BCUT2D eigenvalue weighted by molar-refractivity contribution is 0.102. The van der Waals surface area contributed by atoms with Crippen molar-refractivity contribution in [3.8, 4) is 5.75 Å². The minimum Gasteiger partial charge on any atom is -0.494 e. The summed E-state index contributed by atoms with van der Waals surface area (Å²) >= 11 is 0. The summed E-state index contributed by atoms with van der Waals surface area (Å²) in [6.45, 7) is 7.48. The summed E-state index contributed by atoms with van der Waals surface area (Å²) in [5.41, 5.74) is 2.16. The molecule has 0 unspecified atom stereocenters. The first-order valence-electron chi connectivity index (χ1n) is 10.6. The first kappa shape index (κ1) is 22.1. The van der Waals surface area contributed by atoms with Crippen LogP contribution >= 0.6 is 0 Å². The molecular formula is C24H29N5O2. The monoisotopic (exact) mass is 419 g/mol. The maximum atomic E-state index is 12.5. The van der Waals surface area contributed by atoms with Crippen LogP contribution < -0.4 is 20.7 Å². The number of aromatic nitrogens is 2. The smallest absolute Gasteiger partial charge is 0.255 e. The number of hydrogen-bond acceptors (Lipinski definition) is 6. The van der Waals surface area contributed by atoms with Gasteiger partial charge in [-0.1, -0.05) is 13.3 Å². The highest BCUT2D eigenvalue weighted by molar-refractivity contribution is 6.04. The number of nitrogens with zero attached hydrogens (tertiary/aromatic N) is 2. The van der Waals surface area contributed by atoms with Gasteiger partial charge in [-0.15, -0.1) is 0 Å². The number of hydrogen-bond donors (Lipinski definition) is 3. The summed E-state index contributed by atoms with van der Waals surface area (Å²) in [5, 5.41) is 9.37. The highest BCUT2D eigenvalue weighted by Crippen LogP contribution is 2.20. The van der Waals surface area contributed by atoms with E-state index in [1.807, 2.05) is 56.3 Å². The van der Waals surface area contributed by atoms with E-state index in [-0.39, 0.29) is 5.91 Å². The molecule has 162 valence electrons. The molecule has 7 nitrogen and oxygen atoms in total. The van der Waals surface area contributed by atoms with Crippen LogP contribution in [0.1, 0.15) is 42.9 Å². The fourth-order valence-electron chi connectivity index (χ4n) is 2.93. The topological polar surface area (TPSA) is 88.2 Å². The summed E-state index contributed by atoms with van der Waals surface area (Å²) in [4.78, 5) is 21.3. The van der Waals surface area contributed by atoms with Gasteiger partial charge in [-0.2, -0.15) is 0 Å². The minimum atomic E-state index is -0.164. The third kappa shape index (κ3) is 6.70.